The van der Waals surface area contributed by atoms with Gasteiger partial charge in [0.25, 0.3) is 5.91 Å². The minimum absolute atomic E-state index is 0.0273. The van der Waals surface area contributed by atoms with Crippen LogP contribution in [0.2, 0.25) is 0 Å². The molecule has 0 saturated carbocycles. The Kier molecular flexibility index (Phi) is 6.22. The van der Waals surface area contributed by atoms with Crippen LogP contribution in [0.15, 0.2) is 53.0 Å². The molecule has 122 valence electrons. The zero-order chi connectivity index (χ0) is 16.8. The molecule has 2 aromatic carbocycles. The van der Waals surface area contributed by atoms with Crippen molar-refractivity contribution in [2.24, 2.45) is 5.92 Å². The third-order valence-corrected chi connectivity index (χ3v) is 4.34. The molecule has 3 nitrogen and oxygen atoms in total. The number of methoxy groups -OCH3 is 1. The summed E-state index contributed by atoms with van der Waals surface area (Å²) in [6.45, 7) is 4.31. The molecular weight excluding hydrogens is 354 g/mol. The number of carbonyl (C=O) groups is 1. The van der Waals surface area contributed by atoms with E-state index in [1.165, 1.54) is 0 Å². The largest absolute Gasteiger partial charge is 0.497 e. The topological polar surface area (TPSA) is 38.3 Å². The second-order valence-electron chi connectivity index (χ2n) is 5.91. The Morgan fingerprint density at radius 3 is 2.35 bits per heavy atom. The molecule has 1 amide bonds. The molecule has 0 bridgehead atoms. The van der Waals surface area contributed by atoms with Crippen LogP contribution in [0.25, 0.3) is 0 Å². The molecule has 2 rings (SSSR count). The average Bonchev–Trinajstić information content (AvgIpc) is 2.54. The van der Waals surface area contributed by atoms with Gasteiger partial charge in [-0.25, -0.2) is 0 Å². The van der Waals surface area contributed by atoms with Gasteiger partial charge in [0.1, 0.15) is 5.75 Å². The lowest BCUT2D eigenvalue weighted by atomic mass is 9.96. The second kappa shape index (κ2) is 8.16. The number of halogens is 1. The summed E-state index contributed by atoms with van der Waals surface area (Å²) in [5.74, 6) is 1.22. The zero-order valence-corrected chi connectivity index (χ0v) is 15.3. The average molecular weight is 376 g/mol. The lowest BCUT2D eigenvalue weighted by molar-refractivity contribution is 0.0931. The van der Waals surface area contributed by atoms with Crippen molar-refractivity contribution < 1.29 is 9.53 Å². The molecule has 0 saturated heterocycles. The third kappa shape index (κ3) is 4.83. The number of amides is 1. The fourth-order valence-corrected chi connectivity index (χ4v) is 2.93. The van der Waals surface area contributed by atoms with Gasteiger partial charge in [0.15, 0.2) is 0 Å². The van der Waals surface area contributed by atoms with E-state index in [-0.39, 0.29) is 11.9 Å². The van der Waals surface area contributed by atoms with Gasteiger partial charge in [-0.05, 0) is 58.1 Å². The normalized spacial score (nSPS) is 12.0. The van der Waals surface area contributed by atoms with E-state index in [0.29, 0.717) is 11.5 Å². The van der Waals surface area contributed by atoms with Crippen molar-refractivity contribution in [1.82, 2.24) is 5.32 Å². The second-order valence-corrected chi connectivity index (χ2v) is 6.76. The molecule has 0 fully saturated rings. The molecule has 4 heteroatoms. The van der Waals surface area contributed by atoms with E-state index in [9.17, 15) is 4.79 Å². The van der Waals surface area contributed by atoms with Gasteiger partial charge in [0, 0.05) is 4.47 Å². The molecule has 0 heterocycles. The van der Waals surface area contributed by atoms with Crippen LogP contribution < -0.4 is 10.1 Å². The fraction of sp³-hybridized carbons (Fsp3) is 0.316. The van der Waals surface area contributed by atoms with E-state index in [1.54, 1.807) is 7.11 Å². The first-order valence-corrected chi connectivity index (χ1v) is 8.50. The predicted molar refractivity (Wildman–Crippen MR) is 96.8 cm³/mol. The van der Waals surface area contributed by atoms with Crippen molar-refractivity contribution in [3.63, 3.8) is 0 Å². The number of hydrogen-bond donors (Lipinski definition) is 1. The maximum atomic E-state index is 12.6. The molecule has 0 unspecified atom stereocenters. The summed E-state index contributed by atoms with van der Waals surface area (Å²) < 4.78 is 6.00. The van der Waals surface area contributed by atoms with E-state index in [2.05, 4.69) is 35.1 Å². The maximum absolute atomic E-state index is 12.6. The molecule has 1 N–H and O–H groups in total. The van der Waals surface area contributed by atoms with Crippen LogP contribution in [0.1, 0.15) is 42.2 Å². The molecule has 23 heavy (non-hydrogen) atoms. The Morgan fingerprint density at radius 2 is 1.78 bits per heavy atom. The fourth-order valence-electron chi connectivity index (χ4n) is 2.47. The lowest BCUT2D eigenvalue weighted by Crippen LogP contribution is -2.29. The van der Waals surface area contributed by atoms with E-state index in [4.69, 9.17) is 4.74 Å². The van der Waals surface area contributed by atoms with Crippen LogP contribution in [0.5, 0.6) is 5.75 Å². The highest BCUT2D eigenvalue weighted by Gasteiger charge is 2.18. The standard InChI is InChI=1S/C19H22BrNO2/c1-13(2)12-18(14-8-10-15(23-3)11-9-14)21-19(22)16-6-4-5-7-17(16)20/h4-11,13,18H,12H2,1-3H3,(H,21,22)/t18-/m0/s1. The van der Waals surface area contributed by atoms with E-state index >= 15 is 0 Å². The van der Waals surface area contributed by atoms with Gasteiger partial charge in [0.05, 0.1) is 18.7 Å². The maximum Gasteiger partial charge on any atom is 0.252 e. The van der Waals surface area contributed by atoms with Gasteiger partial charge in [-0.15, -0.1) is 0 Å². The molecule has 0 aliphatic heterocycles. The summed E-state index contributed by atoms with van der Waals surface area (Å²) in [4.78, 5) is 12.6. The molecule has 1 atom stereocenters. The quantitative estimate of drug-likeness (QED) is 0.773. The van der Waals surface area contributed by atoms with E-state index < -0.39 is 0 Å². The minimum Gasteiger partial charge on any atom is -0.497 e. The van der Waals surface area contributed by atoms with Crippen molar-refractivity contribution in [2.75, 3.05) is 7.11 Å². The first-order chi connectivity index (χ1) is 11.0. The number of ether oxygens (including phenoxy) is 1. The highest BCUT2D eigenvalue weighted by atomic mass is 79.9. The first kappa shape index (κ1) is 17.5. The molecule has 0 radical (unpaired) electrons. The van der Waals surface area contributed by atoms with Gasteiger partial charge in [-0.3, -0.25) is 4.79 Å². The third-order valence-electron chi connectivity index (χ3n) is 3.65. The molecule has 0 aliphatic carbocycles. The van der Waals surface area contributed by atoms with Gasteiger partial charge in [-0.1, -0.05) is 38.1 Å². The number of rotatable bonds is 6. The lowest BCUT2D eigenvalue weighted by Gasteiger charge is -2.22. The molecule has 0 aliphatic rings. The monoisotopic (exact) mass is 375 g/mol. The summed E-state index contributed by atoms with van der Waals surface area (Å²) >= 11 is 3.44. The van der Waals surface area contributed by atoms with Crippen molar-refractivity contribution in [3.8, 4) is 5.75 Å². The molecular formula is C19H22BrNO2. The number of hydrogen-bond acceptors (Lipinski definition) is 2. The number of carbonyl (C=O) groups excluding carboxylic acids is 1. The van der Waals surface area contributed by atoms with Crippen LogP contribution in [0.4, 0.5) is 0 Å². The number of benzene rings is 2. The van der Waals surface area contributed by atoms with Gasteiger partial charge >= 0.3 is 0 Å². The summed E-state index contributed by atoms with van der Waals surface area (Å²) in [6.07, 6.45) is 0.878. The Hall–Kier alpha value is -1.81. The van der Waals surface area contributed by atoms with Crippen LogP contribution in [-0.2, 0) is 0 Å². The Morgan fingerprint density at radius 1 is 1.13 bits per heavy atom. The summed E-state index contributed by atoms with van der Waals surface area (Å²) in [6, 6.07) is 15.3. The molecule has 2 aromatic rings. The summed E-state index contributed by atoms with van der Waals surface area (Å²) in [5.41, 5.74) is 1.73. The van der Waals surface area contributed by atoms with Crippen LogP contribution >= 0.6 is 15.9 Å². The zero-order valence-electron chi connectivity index (χ0n) is 13.7. The molecule has 0 aromatic heterocycles. The SMILES string of the molecule is COc1ccc([C@H](CC(C)C)NC(=O)c2ccccc2Br)cc1. The van der Waals surface area contributed by atoms with Gasteiger partial charge in [-0.2, -0.15) is 0 Å². The van der Waals surface area contributed by atoms with Crippen LogP contribution in [0.3, 0.4) is 0 Å². The highest BCUT2D eigenvalue weighted by molar-refractivity contribution is 9.10. The van der Waals surface area contributed by atoms with E-state index in [1.807, 2.05) is 48.5 Å². The Bertz CT molecular complexity index is 653. The van der Waals surface area contributed by atoms with E-state index in [0.717, 1.165) is 22.2 Å². The smallest absolute Gasteiger partial charge is 0.252 e. The highest BCUT2D eigenvalue weighted by Crippen LogP contribution is 2.25. The van der Waals surface area contributed by atoms with Crippen molar-refractivity contribution in [3.05, 3.63) is 64.1 Å². The van der Waals surface area contributed by atoms with Crippen LogP contribution in [-0.4, -0.2) is 13.0 Å². The van der Waals surface area contributed by atoms with Gasteiger partial charge < -0.3 is 10.1 Å². The summed E-state index contributed by atoms with van der Waals surface area (Å²) in [5, 5.41) is 3.15. The summed E-state index contributed by atoms with van der Waals surface area (Å²) in [7, 11) is 1.65. The van der Waals surface area contributed by atoms with Crippen molar-refractivity contribution in [1.29, 1.82) is 0 Å². The first-order valence-electron chi connectivity index (χ1n) is 7.70. The Labute approximate surface area is 146 Å². The van der Waals surface area contributed by atoms with Crippen LogP contribution in [0, 0.1) is 5.92 Å². The van der Waals surface area contributed by atoms with Crippen molar-refractivity contribution in [2.45, 2.75) is 26.3 Å². The minimum atomic E-state index is -0.0704. The Balaban J connectivity index is 2.21. The number of nitrogens with one attached hydrogen (secondary N) is 1. The van der Waals surface area contributed by atoms with Crippen molar-refractivity contribution >= 4 is 21.8 Å². The van der Waals surface area contributed by atoms with Gasteiger partial charge in [0.2, 0.25) is 0 Å². The molecule has 0 spiro atoms. The predicted octanol–water partition coefficient (Wildman–Crippen LogP) is 4.97.